The van der Waals surface area contributed by atoms with Crippen LogP contribution in [0.25, 0.3) is 0 Å². The number of nitro benzene ring substituents is 1. The molecule has 136 valence electrons. The Morgan fingerprint density at radius 2 is 1.65 bits per heavy atom. The number of ether oxygens (including phenoxy) is 3. The van der Waals surface area contributed by atoms with Crippen molar-refractivity contribution in [1.29, 1.82) is 0 Å². The molecule has 0 aromatic heterocycles. The second-order valence-corrected chi connectivity index (χ2v) is 5.33. The van der Waals surface area contributed by atoms with Crippen LogP contribution in [-0.2, 0) is 4.74 Å². The lowest BCUT2D eigenvalue weighted by Gasteiger charge is -2.09. The summed E-state index contributed by atoms with van der Waals surface area (Å²) < 4.78 is 15.2. The molecule has 0 unspecified atom stereocenters. The zero-order valence-electron chi connectivity index (χ0n) is 14.5. The van der Waals surface area contributed by atoms with Crippen molar-refractivity contribution in [3.05, 3.63) is 63.2 Å². The van der Waals surface area contributed by atoms with Gasteiger partial charge in [-0.25, -0.2) is 4.79 Å². The molecule has 0 aliphatic rings. The molecule has 8 heteroatoms. The molecule has 0 heterocycles. The highest BCUT2D eigenvalue weighted by atomic mass is 16.6. The summed E-state index contributed by atoms with van der Waals surface area (Å²) in [4.78, 5) is 34.6. The summed E-state index contributed by atoms with van der Waals surface area (Å²) in [5.74, 6) is -0.461. The van der Waals surface area contributed by atoms with Crippen LogP contribution < -0.4 is 9.47 Å². The average Bonchev–Trinajstić information content (AvgIpc) is 2.65. The van der Waals surface area contributed by atoms with E-state index in [1.54, 1.807) is 13.0 Å². The molecule has 2 aromatic carbocycles. The molecule has 0 spiro atoms. The smallest absolute Gasteiger partial charge is 0.338 e. The second kappa shape index (κ2) is 8.11. The van der Waals surface area contributed by atoms with Crippen molar-refractivity contribution in [3.63, 3.8) is 0 Å². The lowest BCUT2D eigenvalue weighted by Crippen LogP contribution is -2.14. The lowest BCUT2D eigenvalue weighted by atomic mass is 10.1. The van der Waals surface area contributed by atoms with Crippen molar-refractivity contribution in [2.24, 2.45) is 0 Å². The van der Waals surface area contributed by atoms with Gasteiger partial charge in [0.05, 0.1) is 24.7 Å². The average molecular weight is 359 g/mol. The van der Waals surface area contributed by atoms with Crippen molar-refractivity contribution in [3.8, 4) is 11.5 Å². The van der Waals surface area contributed by atoms with Gasteiger partial charge in [-0.15, -0.1) is 0 Å². The molecule has 0 N–H and O–H groups in total. The number of rotatable bonds is 7. The molecule has 0 saturated carbocycles. The van der Waals surface area contributed by atoms with Crippen LogP contribution in [0.15, 0.2) is 36.4 Å². The highest BCUT2D eigenvalue weighted by Crippen LogP contribution is 2.27. The maximum absolute atomic E-state index is 12.1. The Kier molecular flexibility index (Phi) is 5.90. The van der Waals surface area contributed by atoms with Gasteiger partial charge in [-0.2, -0.15) is 0 Å². The second-order valence-electron chi connectivity index (χ2n) is 5.33. The number of ketones is 1. The van der Waals surface area contributed by atoms with E-state index in [1.165, 1.54) is 44.6 Å². The Bertz CT molecular complexity index is 861. The number of methoxy groups -OCH3 is 2. The van der Waals surface area contributed by atoms with Crippen LogP contribution in [0, 0.1) is 17.0 Å². The number of carbonyl (C=O) groups is 2. The molecule has 2 rings (SSSR count). The van der Waals surface area contributed by atoms with Crippen molar-refractivity contribution in [2.45, 2.75) is 6.92 Å². The molecule has 26 heavy (non-hydrogen) atoms. The van der Waals surface area contributed by atoms with Gasteiger partial charge >= 0.3 is 5.97 Å². The van der Waals surface area contributed by atoms with Crippen molar-refractivity contribution in [1.82, 2.24) is 0 Å². The molecule has 0 atom stereocenters. The van der Waals surface area contributed by atoms with E-state index in [9.17, 15) is 19.7 Å². The molecule has 2 aromatic rings. The van der Waals surface area contributed by atoms with E-state index in [4.69, 9.17) is 14.2 Å². The van der Waals surface area contributed by atoms with Gasteiger partial charge in [0, 0.05) is 17.2 Å². The fraction of sp³-hybridized carbons (Fsp3) is 0.222. The molecule has 0 aliphatic carbocycles. The first-order valence-electron chi connectivity index (χ1n) is 7.54. The molecular weight excluding hydrogens is 342 g/mol. The fourth-order valence-electron chi connectivity index (χ4n) is 2.24. The monoisotopic (exact) mass is 359 g/mol. The number of Topliss-reactive ketones (excluding diaryl/α,β-unsaturated/α-hetero) is 1. The number of nitro groups is 1. The first kappa shape index (κ1) is 18.9. The van der Waals surface area contributed by atoms with Crippen molar-refractivity contribution >= 4 is 17.4 Å². The van der Waals surface area contributed by atoms with Gasteiger partial charge in [0.15, 0.2) is 18.1 Å². The third-order valence-corrected chi connectivity index (χ3v) is 3.68. The lowest BCUT2D eigenvalue weighted by molar-refractivity contribution is -0.385. The van der Waals surface area contributed by atoms with Crippen LogP contribution >= 0.6 is 0 Å². The zero-order chi connectivity index (χ0) is 19.3. The van der Waals surface area contributed by atoms with E-state index in [-0.39, 0.29) is 16.8 Å². The van der Waals surface area contributed by atoms with Gasteiger partial charge in [-0.3, -0.25) is 14.9 Å². The Morgan fingerprint density at radius 3 is 2.27 bits per heavy atom. The number of hydrogen-bond donors (Lipinski definition) is 0. The molecule has 0 fully saturated rings. The first-order chi connectivity index (χ1) is 12.4. The summed E-state index contributed by atoms with van der Waals surface area (Å²) in [6, 6.07) is 8.55. The third-order valence-electron chi connectivity index (χ3n) is 3.68. The van der Waals surface area contributed by atoms with Crippen LogP contribution in [0.4, 0.5) is 5.69 Å². The standard InChI is InChI=1S/C18H17NO7/c1-11-4-5-12(8-14(11)19(22)23)15(20)10-26-18(21)13-6-7-16(24-2)17(9-13)25-3/h4-9H,10H2,1-3H3. The largest absolute Gasteiger partial charge is 0.493 e. The highest BCUT2D eigenvalue weighted by molar-refractivity contribution is 6.00. The van der Waals surface area contributed by atoms with Gasteiger partial charge < -0.3 is 14.2 Å². The number of benzene rings is 2. The van der Waals surface area contributed by atoms with Gasteiger partial charge in [0.1, 0.15) is 0 Å². The van der Waals surface area contributed by atoms with Gasteiger partial charge in [-0.05, 0) is 25.1 Å². The summed E-state index contributed by atoms with van der Waals surface area (Å²) in [5.41, 5.74) is 0.559. The van der Waals surface area contributed by atoms with Crippen LogP contribution in [-0.4, -0.2) is 37.5 Å². The van der Waals surface area contributed by atoms with Crippen LogP contribution in [0.1, 0.15) is 26.3 Å². The van der Waals surface area contributed by atoms with Crippen molar-refractivity contribution < 1.29 is 28.7 Å². The summed E-state index contributed by atoms with van der Waals surface area (Å²) >= 11 is 0. The van der Waals surface area contributed by atoms with E-state index in [1.807, 2.05) is 0 Å². The van der Waals surface area contributed by atoms with E-state index >= 15 is 0 Å². The quantitative estimate of drug-likeness (QED) is 0.324. The fourth-order valence-corrected chi connectivity index (χ4v) is 2.24. The molecule has 0 aliphatic heterocycles. The Labute approximate surface area is 149 Å². The van der Waals surface area contributed by atoms with E-state index < -0.39 is 23.3 Å². The number of hydrogen-bond acceptors (Lipinski definition) is 7. The Hall–Kier alpha value is -3.42. The van der Waals surface area contributed by atoms with Crippen molar-refractivity contribution in [2.75, 3.05) is 20.8 Å². The molecule has 0 saturated heterocycles. The Morgan fingerprint density at radius 1 is 1.00 bits per heavy atom. The SMILES string of the molecule is COc1ccc(C(=O)OCC(=O)c2ccc(C)c([N+](=O)[O-])c2)cc1OC. The maximum atomic E-state index is 12.1. The Balaban J connectivity index is 2.09. The molecule has 0 bridgehead atoms. The predicted octanol–water partition coefficient (Wildman–Crippen LogP) is 2.96. The number of esters is 1. The third kappa shape index (κ3) is 4.15. The minimum atomic E-state index is -0.721. The van der Waals surface area contributed by atoms with Crippen LogP contribution in [0.3, 0.4) is 0 Å². The molecule has 0 amide bonds. The van der Waals surface area contributed by atoms with E-state index in [0.717, 1.165) is 0 Å². The highest BCUT2D eigenvalue weighted by Gasteiger charge is 2.17. The summed E-state index contributed by atoms with van der Waals surface area (Å²) in [6.07, 6.45) is 0. The van der Waals surface area contributed by atoms with Gasteiger partial charge in [0.25, 0.3) is 5.69 Å². The number of carbonyl (C=O) groups excluding carboxylic acids is 2. The normalized spacial score (nSPS) is 10.1. The predicted molar refractivity (Wildman–Crippen MR) is 92.0 cm³/mol. The number of nitrogens with zero attached hydrogens (tertiary/aromatic N) is 1. The topological polar surface area (TPSA) is 105 Å². The minimum Gasteiger partial charge on any atom is -0.493 e. The summed E-state index contributed by atoms with van der Waals surface area (Å²) in [7, 11) is 2.90. The van der Waals surface area contributed by atoms with E-state index in [0.29, 0.717) is 17.1 Å². The summed E-state index contributed by atoms with van der Waals surface area (Å²) in [5, 5.41) is 10.9. The van der Waals surface area contributed by atoms with Gasteiger partial charge in [-0.1, -0.05) is 12.1 Å². The van der Waals surface area contributed by atoms with E-state index in [2.05, 4.69) is 0 Å². The molecule has 0 radical (unpaired) electrons. The molecular formula is C18H17NO7. The van der Waals surface area contributed by atoms with Gasteiger partial charge in [0.2, 0.25) is 5.78 Å². The summed E-state index contributed by atoms with van der Waals surface area (Å²) in [6.45, 7) is 1.04. The van der Waals surface area contributed by atoms with Crippen LogP contribution in [0.2, 0.25) is 0 Å². The van der Waals surface area contributed by atoms with Crippen LogP contribution in [0.5, 0.6) is 11.5 Å². The zero-order valence-corrected chi connectivity index (χ0v) is 14.5. The first-order valence-corrected chi connectivity index (χ1v) is 7.54. The minimum absolute atomic E-state index is 0.0995. The number of aryl methyl sites for hydroxylation is 1. The maximum Gasteiger partial charge on any atom is 0.338 e. The molecule has 8 nitrogen and oxygen atoms in total.